The van der Waals surface area contributed by atoms with Crippen LogP contribution in [0.25, 0.3) is 0 Å². The van der Waals surface area contributed by atoms with E-state index in [2.05, 4.69) is 6.58 Å². The SMILES string of the molecule is C=CN(C=O)CCC. The van der Waals surface area contributed by atoms with Crippen molar-refractivity contribution in [2.45, 2.75) is 13.3 Å². The monoisotopic (exact) mass is 113 g/mol. The first kappa shape index (κ1) is 7.21. The maximum Gasteiger partial charge on any atom is 0.213 e. The molecule has 0 N–H and O–H groups in total. The minimum absolute atomic E-state index is 0.771. The van der Waals surface area contributed by atoms with Gasteiger partial charge >= 0.3 is 0 Å². The van der Waals surface area contributed by atoms with Crippen LogP contribution in [0.3, 0.4) is 0 Å². The van der Waals surface area contributed by atoms with Crippen LogP contribution in [-0.2, 0) is 4.79 Å². The van der Waals surface area contributed by atoms with E-state index in [0.29, 0.717) is 0 Å². The molecule has 0 saturated heterocycles. The molecule has 0 aromatic rings. The summed E-state index contributed by atoms with van der Waals surface area (Å²) in [7, 11) is 0. The Hall–Kier alpha value is -0.790. The van der Waals surface area contributed by atoms with Crippen molar-refractivity contribution in [1.82, 2.24) is 4.90 Å². The van der Waals surface area contributed by atoms with E-state index in [9.17, 15) is 4.79 Å². The minimum atomic E-state index is 0.771. The van der Waals surface area contributed by atoms with E-state index in [1.807, 2.05) is 6.92 Å². The van der Waals surface area contributed by atoms with Crippen LogP contribution in [-0.4, -0.2) is 17.9 Å². The Balaban J connectivity index is 3.35. The fourth-order valence-corrected chi connectivity index (χ4v) is 0.445. The van der Waals surface area contributed by atoms with Gasteiger partial charge < -0.3 is 4.90 Å². The number of rotatable bonds is 4. The average molecular weight is 113 g/mol. The van der Waals surface area contributed by atoms with E-state index in [0.717, 1.165) is 19.4 Å². The van der Waals surface area contributed by atoms with Crippen molar-refractivity contribution in [1.29, 1.82) is 0 Å². The van der Waals surface area contributed by atoms with Gasteiger partial charge in [-0.15, -0.1) is 0 Å². The highest BCUT2D eigenvalue weighted by atomic mass is 16.1. The molecule has 2 nitrogen and oxygen atoms in total. The molecular formula is C6H11NO. The topological polar surface area (TPSA) is 20.3 Å². The highest BCUT2D eigenvalue weighted by Gasteiger charge is 1.88. The molecule has 0 saturated carbocycles. The predicted octanol–water partition coefficient (Wildman–Crippen LogP) is 0.998. The number of amides is 1. The summed E-state index contributed by atoms with van der Waals surface area (Å²) in [5.74, 6) is 0. The summed E-state index contributed by atoms with van der Waals surface area (Å²) >= 11 is 0. The fourth-order valence-electron chi connectivity index (χ4n) is 0.445. The largest absolute Gasteiger partial charge is 0.322 e. The van der Waals surface area contributed by atoms with Crippen LogP contribution in [0, 0.1) is 0 Å². The number of hydrogen-bond acceptors (Lipinski definition) is 1. The van der Waals surface area contributed by atoms with Crippen LogP contribution in [0.15, 0.2) is 12.8 Å². The van der Waals surface area contributed by atoms with E-state index in [1.54, 1.807) is 0 Å². The zero-order valence-electron chi connectivity index (χ0n) is 5.13. The van der Waals surface area contributed by atoms with Crippen molar-refractivity contribution in [3.8, 4) is 0 Å². The van der Waals surface area contributed by atoms with Gasteiger partial charge in [0.15, 0.2) is 0 Å². The standard InChI is InChI=1S/C6H11NO/c1-3-5-7(4-2)6-8/h4,6H,2-3,5H2,1H3. The molecule has 8 heavy (non-hydrogen) atoms. The molecule has 0 aromatic heterocycles. The first-order chi connectivity index (χ1) is 3.85. The van der Waals surface area contributed by atoms with Gasteiger partial charge in [-0.25, -0.2) is 0 Å². The molecule has 0 unspecified atom stereocenters. The fraction of sp³-hybridized carbons (Fsp3) is 0.500. The van der Waals surface area contributed by atoms with Crippen molar-refractivity contribution in [2.75, 3.05) is 6.54 Å². The van der Waals surface area contributed by atoms with Crippen LogP contribution < -0.4 is 0 Å². The van der Waals surface area contributed by atoms with E-state index in [1.165, 1.54) is 11.1 Å². The summed E-state index contributed by atoms with van der Waals surface area (Å²) < 4.78 is 0. The molecule has 0 aliphatic rings. The molecule has 0 radical (unpaired) electrons. The van der Waals surface area contributed by atoms with Gasteiger partial charge in [-0.2, -0.15) is 0 Å². The van der Waals surface area contributed by atoms with Crippen molar-refractivity contribution < 1.29 is 4.79 Å². The number of carbonyl (C=O) groups excluding carboxylic acids is 1. The minimum Gasteiger partial charge on any atom is -0.322 e. The Morgan fingerprint density at radius 1 is 1.75 bits per heavy atom. The Labute approximate surface area is 49.8 Å². The quantitative estimate of drug-likeness (QED) is 0.498. The highest BCUT2D eigenvalue weighted by Crippen LogP contribution is 1.84. The van der Waals surface area contributed by atoms with Gasteiger partial charge in [0, 0.05) is 6.54 Å². The third kappa shape index (κ3) is 2.39. The molecule has 0 aliphatic heterocycles. The summed E-state index contributed by atoms with van der Waals surface area (Å²) in [6.07, 6.45) is 3.28. The lowest BCUT2D eigenvalue weighted by atomic mass is 10.4. The smallest absolute Gasteiger partial charge is 0.213 e. The maximum atomic E-state index is 9.98. The maximum absolute atomic E-state index is 9.98. The molecular weight excluding hydrogens is 102 g/mol. The zero-order valence-corrected chi connectivity index (χ0v) is 5.13. The van der Waals surface area contributed by atoms with E-state index in [4.69, 9.17) is 0 Å². The molecule has 0 spiro atoms. The van der Waals surface area contributed by atoms with Gasteiger partial charge in [0.1, 0.15) is 0 Å². The lowest BCUT2D eigenvalue weighted by molar-refractivity contribution is -0.115. The molecule has 1 amide bonds. The molecule has 0 rings (SSSR count). The van der Waals surface area contributed by atoms with Gasteiger partial charge in [-0.05, 0) is 12.6 Å². The van der Waals surface area contributed by atoms with Crippen LogP contribution in [0.2, 0.25) is 0 Å². The van der Waals surface area contributed by atoms with Crippen molar-refractivity contribution in [3.63, 3.8) is 0 Å². The third-order valence-corrected chi connectivity index (χ3v) is 0.852. The van der Waals surface area contributed by atoms with Crippen LogP contribution in [0.5, 0.6) is 0 Å². The molecule has 0 heterocycles. The first-order valence-corrected chi connectivity index (χ1v) is 2.68. The van der Waals surface area contributed by atoms with Gasteiger partial charge in [0.25, 0.3) is 0 Å². The molecule has 0 bridgehead atoms. The van der Waals surface area contributed by atoms with Gasteiger partial charge in [-0.1, -0.05) is 13.5 Å². The average Bonchev–Trinajstić information content (AvgIpc) is 1.83. The van der Waals surface area contributed by atoms with Gasteiger partial charge in [0.05, 0.1) is 0 Å². The van der Waals surface area contributed by atoms with E-state index in [-0.39, 0.29) is 0 Å². The van der Waals surface area contributed by atoms with Gasteiger partial charge in [-0.3, -0.25) is 4.79 Å². The van der Waals surface area contributed by atoms with Crippen molar-refractivity contribution >= 4 is 6.41 Å². The van der Waals surface area contributed by atoms with Crippen LogP contribution >= 0.6 is 0 Å². The number of hydrogen-bond donors (Lipinski definition) is 0. The Kier molecular flexibility index (Phi) is 3.94. The van der Waals surface area contributed by atoms with E-state index >= 15 is 0 Å². The number of nitrogens with zero attached hydrogens (tertiary/aromatic N) is 1. The van der Waals surface area contributed by atoms with E-state index < -0.39 is 0 Å². The molecule has 0 aliphatic carbocycles. The summed E-state index contributed by atoms with van der Waals surface area (Å²) in [4.78, 5) is 11.5. The summed E-state index contributed by atoms with van der Waals surface area (Å²) in [6.45, 7) is 6.23. The normalized spacial score (nSPS) is 8.12. The zero-order chi connectivity index (χ0) is 6.41. The number of carbonyl (C=O) groups is 1. The Morgan fingerprint density at radius 3 is 2.50 bits per heavy atom. The predicted molar refractivity (Wildman–Crippen MR) is 33.3 cm³/mol. The second kappa shape index (κ2) is 4.37. The third-order valence-electron chi connectivity index (χ3n) is 0.852. The van der Waals surface area contributed by atoms with Crippen LogP contribution in [0.1, 0.15) is 13.3 Å². The lowest BCUT2D eigenvalue weighted by Gasteiger charge is -2.07. The second-order valence-electron chi connectivity index (χ2n) is 1.53. The molecule has 2 heteroatoms. The Morgan fingerprint density at radius 2 is 2.38 bits per heavy atom. The first-order valence-electron chi connectivity index (χ1n) is 2.68. The molecule has 0 fully saturated rings. The van der Waals surface area contributed by atoms with Crippen molar-refractivity contribution in [2.24, 2.45) is 0 Å². The molecule has 0 aromatic carbocycles. The second-order valence-corrected chi connectivity index (χ2v) is 1.53. The summed E-state index contributed by atoms with van der Waals surface area (Å²) in [6, 6.07) is 0. The lowest BCUT2D eigenvalue weighted by Crippen LogP contribution is -2.14. The van der Waals surface area contributed by atoms with Crippen molar-refractivity contribution in [3.05, 3.63) is 12.8 Å². The summed E-state index contributed by atoms with van der Waals surface area (Å²) in [5.41, 5.74) is 0. The Bertz CT molecular complexity index is 72.6. The van der Waals surface area contributed by atoms with Crippen LogP contribution in [0.4, 0.5) is 0 Å². The highest BCUT2D eigenvalue weighted by molar-refractivity contribution is 5.48. The molecule has 0 atom stereocenters. The summed E-state index contributed by atoms with van der Waals surface area (Å²) in [5, 5.41) is 0. The molecule has 46 valence electrons. The van der Waals surface area contributed by atoms with Gasteiger partial charge in [0.2, 0.25) is 6.41 Å².